The number of carboxylic acids is 1. The first-order valence-electron chi connectivity index (χ1n) is 11.3. The minimum absolute atomic E-state index is 0.0586. The third-order valence-corrected chi connectivity index (χ3v) is 5.68. The quantitative estimate of drug-likeness (QED) is 0.321. The molecule has 1 aliphatic heterocycles. The van der Waals surface area contributed by atoms with Gasteiger partial charge in [0.1, 0.15) is 23.3 Å². The van der Waals surface area contributed by atoms with Crippen molar-refractivity contribution in [3.63, 3.8) is 0 Å². The molecule has 2 aromatic heterocycles. The Morgan fingerprint density at radius 1 is 1.08 bits per heavy atom. The number of imidazole rings is 1. The molecule has 10 heteroatoms. The number of hydrogen-bond donors (Lipinski definition) is 3. The van der Waals surface area contributed by atoms with Gasteiger partial charge in [-0.05, 0) is 36.4 Å². The molecule has 0 spiro atoms. The SMILES string of the molecule is O=C(NC(Cc1cnc[nH]1)C(=O)O)c1ccc(N2C(=O)/C(=C/c3ccco3)N=C2c2ccccc2)cc1. The number of carbonyl (C=O) groups is 3. The molecule has 2 aromatic carbocycles. The number of carboxylic acid groups (broad SMARTS) is 1. The topological polar surface area (TPSA) is 141 Å². The smallest absolute Gasteiger partial charge is 0.326 e. The molecule has 0 fully saturated rings. The van der Waals surface area contributed by atoms with E-state index in [1.807, 2.05) is 30.3 Å². The number of hydrogen-bond acceptors (Lipinski definition) is 6. The van der Waals surface area contributed by atoms with Gasteiger partial charge in [-0.2, -0.15) is 0 Å². The predicted octanol–water partition coefficient (Wildman–Crippen LogP) is 3.26. The summed E-state index contributed by atoms with van der Waals surface area (Å²) in [5.74, 6) is -1.14. The van der Waals surface area contributed by atoms with Crippen LogP contribution in [0.5, 0.6) is 0 Å². The van der Waals surface area contributed by atoms with Crippen molar-refractivity contribution in [1.82, 2.24) is 15.3 Å². The zero-order valence-corrected chi connectivity index (χ0v) is 19.4. The molecule has 0 aliphatic carbocycles. The maximum absolute atomic E-state index is 13.4. The molecule has 0 saturated carbocycles. The van der Waals surface area contributed by atoms with Gasteiger partial charge in [-0.15, -0.1) is 0 Å². The molecule has 184 valence electrons. The van der Waals surface area contributed by atoms with E-state index in [0.717, 1.165) is 5.56 Å². The van der Waals surface area contributed by atoms with E-state index in [1.54, 1.807) is 30.3 Å². The van der Waals surface area contributed by atoms with Crippen LogP contribution in [-0.4, -0.2) is 44.7 Å². The average molecular weight is 495 g/mol. The highest BCUT2D eigenvalue weighted by molar-refractivity contribution is 6.33. The number of carbonyl (C=O) groups excluding carboxylic acids is 2. The number of furan rings is 1. The molecule has 0 saturated heterocycles. The maximum Gasteiger partial charge on any atom is 0.326 e. The summed E-state index contributed by atoms with van der Waals surface area (Å²) in [5.41, 5.74) is 2.28. The number of H-pyrrole nitrogens is 1. The van der Waals surface area contributed by atoms with Crippen LogP contribution in [0.1, 0.15) is 27.4 Å². The Labute approximate surface area is 211 Å². The normalized spacial score (nSPS) is 15.0. The second-order valence-corrected chi connectivity index (χ2v) is 8.18. The van der Waals surface area contributed by atoms with Crippen LogP contribution in [0.2, 0.25) is 0 Å². The zero-order valence-electron chi connectivity index (χ0n) is 19.4. The van der Waals surface area contributed by atoms with E-state index in [0.29, 0.717) is 23.0 Å². The molecular weight excluding hydrogens is 474 g/mol. The Morgan fingerprint density at radius 3 is 2.51 bits per heavy atom. The maximum atomic E-state index is 13.4. The van der Waals surface area contributed by atoms with Gasteiger partial charge in [0.15, 0.2) is 0 Å². The molecule has 0 radical (unpaired) electrons. The lowest BCUT2D eigenvalue weighted by Gasteiger charge is -2.19. The summed E-state index contributed by atoms with van der Waals surface area (Å²) in [4.78, 5) is 50.5. The third-order valence-electron chi connectivity index (χ3n) is 5.68. The Kier molecular flexibility index (Phi) is 6.45. The molecule has 4 aromatic rings. The van der Waals surface area contributed by atoms with Gasteiger partial charge >= 0.3 is 5.97 Å². The Hall–Kier alpha value is -5.25. The minimum Gasteiger partial charge on any atom is -0.480 e. The zero-order chi connectivity index (χ0) is 25.8. The first kappa shape index (κ1) is 23.5. The number of benzene rings is 2. The average Bonchev–Trinajstić information content (AvgIpc) is 3.68. The van der Waals surface area contributed by atoms with Crippen LogP contribution in [0, 0.1) is 0 Å². The van der Waals surface area contributed by atoms with Crippen molar-refractivity contribution in [3.05, 3.63) is 114 Å². The van der Waals surface area contributed by atoms with Crippen molar-refractivity contribution in [2.75, 3.05) is 4.90 Å². The molecule has 3 heterocycles. The minimum atomic E-state index is -1.16. The fourth-order valence-electron chi connectivity index (χ4n) is 3.86. The van der Waals surface area contributed by atoms with Crippen LogP contribution < -0.4 is 10.2 Å². The number of amidine groups is 1. The van der Waals surface area contributed by atoms with Gasteiger partial charge in [0.25, 0.3) is 11.8 Å². The number of nitrogens with one attached hydrogen (secondary N) is 2. The number of aromatic nitrogens is 2. The number of amides is 2. The fourth-order valence-corrected chi connectivity index (χ4v) is 3.86. The van der Waals surface area contributed by atoms with Crippen molar-refractivity contribution >= 4 is 35.4 Å². The molecule has 37 heavy (non-hydrogen) atoms. The molecule has 10 nitrogen and oxygen atoms in total. The van der Waals surface area contributed by atoms with Gasteiger partial charge in [0, 0.05) is 35.5 Å². The third kappa shape index (κ3) is 5.08. The van der Waals surface area contributed by atoms with Crippen LogP contribution in [-0.2, 0) is 16.0 Å². The van der Waals surface area contributed by atoms with Crippen molar-refractivity contribution in [2.24, 2.45) is 4.99 Å². The lowest BCUT2D eigenvalue weighted by atomic mass is 10.1. The van der Waals surface area contributed by atoms with Gasteiger partial charge in [-0.25, -0.2) is 14.8 Å². The standard InChI is InChI=1S/C27H21N5O5/c33-25(31-23(27(35)36)13-19-15-28-16-29-19)18-8-10-20(11-9-18)32-24(17-5-2-1-3-6-17)30-22(26(32)34)14-21-7-4-12-37-21/h1-12,14-16,23H,13H2,(H,28,29)(H,31,33)(H,35,36)/b22-14-. The Morgan fingerprint density at radius 2 is 1.86 bits per heavy atom. The van der Waals surface area contributed by atoms with Crippen molar-refractivity contribution in [2.45, 2.75) is 12.5 Å². The van der Waals surface area contributed by atoms with Crippen LogP contribution in [0.4, 0.5) is 5.69 Å². The summed E-state index contributed by atoms with van der Waals surface area (Å²) in [6.07, 6.45) is 6.09. The predicted molar refractivity (Wildman–Crippen MR) is 135 cm³/mol. The number of anilines is 1. The highest BCUT2D eigenvalue weighted by atomic mass is 16.4. The van der Waals surface area contributed by atoms with Crippen molar-refractivity contribution in [3.8, 4) is 0 Å². The molecule has 1 aliphatic rings. The fraction of sp³-hybridized carbons (Fsp3) is 0.0741. The van der Waals surface area contributed by atoms with E-state index in [9.17, 15) is 19.5 Å². The van der Waals surface area contributed by atoms with Gasteiger partial charge in [-0.1, -0.05) is 30.3 Å². The van der Waals surface area contributed by atoms with E-state index >= 15 is 0 Å². The van der Waals surface area contributed by atoms with E-state index in [1.165, 1.54) is 35.8 Å². The Balaban J connectivity index is 1.39. The molecule has 3 N–H and O–H groups in total. The van der Waals surface area contributed by atoms with Gasteiger partial charge in [0.2, 0.25) is 0 Å². The molecule has 1 unspecified atom stereocenters. The lowest BCUT2D eigenvalue weighted by Crippen LogP contribution is -2.42. The first-order chi connectivity index (χ1) is 18.0. The molecule has 2 amide bonds. The summed E-state index contributed by atoms with van der Waals surface area (Å²) >= 11 is 0. The number of aromatic amines is 1. The molecule has 1 atom stereocenters. The van der Waals surface area contributed by atoms with Crippen LogP contribution >= 0.6 is 0 Å². The summed E-state index contributed by atoms with van der Waals surface area (Å²) in [5, 5.41) is 12.0. The second-order valence-electron chi connectivity index (χ2n) is 8.18. The summed E-state index contributed by atoms with van der Waals surface area (Å²) in [7, 11) is 0. The van der Waals surface area contributed by atoms with Crippen molar-refractivity contribution in [1.29, 1.82) is 0 Å². The van der Waals surface area contributed by atoms with E-state index in [-0.39, 0.29) is 23.6 Å². The highest BCUT2D eigenvalue weighted by Crippen LogP contribution is 2.28. The van der Waals surface area contributed by atoms with Crippen LogP contribution in [0.25, 0.3) is 6.08 Å². The summed E-state index contributed by atoms with van der Waals surface area (Å²) < 4.78 is 5.34. The molecule has 0 bridgehead atoms. The summed E-state index contributed by atoms with van der Waals surface area (Å²) in [6, 6.07) is 17.9. The van der Waals surface area contributed by atoms with E-state index in [2.05, 4.69) is 20.3 Å². The monoisotopic (exact) mass is 495 g/mol. The number of nitrogens with zero attached hydrogens (tertiary/aromatic N) is 3. The number of aliphatic imine (C=N–C) groups is 1. The number of rotatable bonds is 8. The lowest BCUT2D eigenvalue weighted by molar-refractivity contribution is -0.139. The second kappa shape index (κ2) is 10.2. The van der Waals surface area contributed by atoms with Gasteiger partial charge < -0.3 is 19.8 Å². The molecule has 5 rings (SSSR count). The molecular formula is C27H21N5O5. The van der Waals surface area contributed by atoms with Crippen molar-refractivity contribution < 1.29 is 23.9 Å². The van der Waals surface area contributed by atoms with Gasteiger partial charge in [0.05, 0.1) is 18.3 Å². The van der Waals surface area contributed by atoms with Crippen LogP contribution in [0.3, 0.4) is 0 Å². The summed E-state index contributed by atoms with van der Waals surface area (Å²) in [6.45, 7) is 0. The van der Waals surface area contributed by atoms with Crippen LogP contribution in [0.15, 0.2) is 101 Å². The first-order valence-corrected chi connectivity index (χ1v) is 11.3. The highest BCUT2D eigenvalue weighted by Gasteiger charge is 2.33. The van der Waals surface area contributed by atoms with E-state index in [4.69, 9.17) is 4.42 Å². The number of aliphatic carboxylic acids is 1. The van der Waals surface area contributed by atoms with Gasteiger partial charge in [-0.3, -0.25) is 14.5 Å². The Bertz CT molecular complexity index is 1470. The largest absolute Gasteiger partial charge is 0.480 e. The van der Waals surface area contributed by atoms with E-state index < -0.39 is 17.9 Å².